The molecule has 1 fully saturated rings. The van der Waals surface area contributed by atoms with Gasteiger partial charge in [0.1, 0.15) is 5.60 Å². The Morgan fingerprint density at radius 2 is 2.21 bits per heavy atom. The highest BCUT2D eigenvalue weighted by Crippen LogP contribution is 2.23. The molecule has 0 aromatic rings. The third-order valence-electron chi connectivity index (χ3n) is 3.26. The maximum Gasteiger partial charge on any atom is 0.410 e. The smallest absolute Gasteiger partial charge is 0.410 e. The molecule has 0 aromatic carbocycles. The Morgan fingerprint density at radius 3 is 2.79 bits per heavy atom. The van der Waals surface area contributed by atoms with Gasteiger partial charge < -0.3 is 14.7 Å². The molecule has 0 radical (unpaired) electrons. The van der Waals surface area contributed by atoms with Gasteiger partial charge in [0, 0.05) is 19.0 Å². The lowest BCUT2D eigenvalue weighted by Crippen LogP contribution is -2.43. The highest BCUT2D eigenvalue weighted by atomic mass is 35.5. The van der Waals surface area contributed by atoms with Crippen molar-refractivity contribution in [2.45, 2.75) is 58.2 Å². The molecule has 1 aliphatic rings. The van der Waals surface area contributed by atoms with Crippen LogP contribution in [0.5, 0.6) is 0 Å². The lowest BCUT2D eigenvalue weighted by molar-refractivity contribution is 0.0155. The summed E-state index contributed by atoms with van der Waals surface area (Å²) in [5, 5.41) is 9.48. The number of likely N-dealkylation sites (tertiary alicyclic amines) is 1. The van der Waals surface area contributed by atoms with Gasteiger partial charge in [0.05, 0.1) is 6.10 Å². The van der Waals surface area contributed by atoms with E-state index in [9.17, 15) is 9.90 Å². The van der Waals surface area contributed by atoms with Crippen LogP contribution in [-0.2, 0) is 4.74 Å². The summed E-state index contributed by atoms with van der Waals surface area (Å²) >= 11 is 5.59. The van der Waals surface area contributed by atoms with Crippen LogP contribution in [0.3, 0.4) is 0 Å². The number of hydrogen-bond donors (Lipinski definition) is 1. The second-order valence-corrected chi connectivity index (χ2v) is 6.63. The summed E-state index contributed by atoms with van der Waals surface area (Å²) in [4.78, 5) is 13.8. The van der Waals surface area contributed by atoms with Gasteiger partial charge in [-0.2, -0.15) is 0 Å². The van der Waals surface area contributed by atoms with E-state index in [0.717, 1.165) is 32.4 Å². The summed E-state index contributed by atoms with van der Waals surface area (Å²) < 4.78 is 5.39. The Bertz CT molecular complexity index is 291. The van der Waals surface area contributed by atoms with Crippen molar-refractivity contribution in [2.24, 2.45) is 5.92 Å². The highest BCUT2D eigenvalue weighted by molar-refractivity contribution is 6.18. The molecule has 0 saturated carbocycles. The Kier molecular flexibility index (Phi) is 6.40. The first kappa shape index (κ1) is 16.6. The van der Waals surface area contributed by atoms with Crippen LogP contribution in [0.4, 0.5) is 4.79 Å². The number of aliphatic hydroxyl groups excluding tert-OH is 1. The molecule has 5 heteroatoms. The van der Waals surface area contributed by atoms with Crippen LogP contribution in [0.2, 0.25) is 0 Å². The number of carbonyl (C=O) groups excluding carboxylic acids is 1. The van der Waals surface area contributed by atoms with Crippen LogP contribution in [0.15, 0.2) is 0 Å². The lowest BCUT2D eigenvalue weighted by atomic mass is 9.92. The SMILES string of the molecule is CC(C)(C)OC(=O)N1CCCC(CCC(O)CCl)C1. The topological polar surface area (TPSA) is 49.8 Å². The number of nitrogens with zero attached hydrogens (tertiary/aromatic N) is 1. The van der Waals surface area contributed by atoms with E-state index in [1.54, 1.807) is 4.90 Å². The number of carbonyl (C=O) groups is 1. The fourth-order valence-corrected chi connectivity index (χ4v) is 2.45. The minimum absolute atomic E-state index is 0.227. The van der Waals surface area contributed by atoms with Crippen molar-refractivity contribution >= 4 is 17.7 Å². The molecule has 0 aliphatic carbocycles. The lowest BCUT2D eigenvalue weighted by Gasteiger charge is -2.34. The molecule has 0 aromatic heterocycles. The number of rotatable bonds is 4. The van der Waals surface area contributed by atoms with Crippen molar-refractivity contribution < 1.29 is 14.6 Å². The van der Waals surface area contributed by atoms with Gasteiger partial charge in [-0.1, -0.05) is 0 Å². The minimum Gasteiger partial charge on any atom is -0.444 e. The van der Waals surface area contributed by atoms with E-state index in [-0.39, 0.29) is 12.0 Å². The summed E-state index contributed by atoms with van der Waals surface area (Å²) in [6.07, 6.45) is 3.06. The van der Waals surface area contributed by atoms with Crippen molar-refractivity contribution in [3.63, 3.8) is 0 Å². The standard InChI is InChI=1S/C14H26ClNO3/c1-14(2,3)19-13(18)16-8-4-5-11(10-16)6-7-12(17)9-15/h11-12,17H,4-10H2,1-3H3. The molecule has 1 rings (SSSR count). The molecule has 2 unspecified atom stereocenters. The number of hydrogen-bond acceptors (Lipinski definition) is 3. The van der Waals surface area contributed by atoms with Gasteiger partial charge in [0.15, 0.2) is 0 Å². The Hall–Kier alpha value is -0.480. The first-order valence-electron chi connectivity index (χ1n) is 7.04. The number of halogens is 1. The van der Waals surface area contributed by atoms with E-state index in [0.29, 0.717) is 12.3 Å². The summed E-state index contributed by atoms with van der Waals surface area (Å²) in [6, 6.07) is 0. The van der Waals surface area contributed by atoms with Gasteiger partial charge >= 0.3 is 6.09 Å². The second-order valence-electron chi connectivity index (χ2n) is 6.32. The summed E-state index contributed by atoms with van der Waals surface area (Å²) in [5.74, 6) is 0.724. The van der Waals surface area contributed by atoms with Crippen LogP contribution in [0.25, 0.3) is 0 Å². The average molecular weight is 292 g/mol. The maximum absolute atomic E-state index is 12.0. The molecule has 1 amide bonds. The molecule has 1 heterocycles. The van der Waals surface area contributed by atoms with E-state index in [1.807, 2.05) is 20.8 Å². The Labute approximate surface area is 121 Å². The van der Waals surface area contributed by atoms with Crippen molar-refractivity contribution in [2.75, 3.05) is 19.0 Å². The fourth-order valence-electron chi connectivity index (χ4n) is 2.30. The molecule has 0 bridgehead atoms. The predicted octanol–water partition coefficient (Wildman–Crippen LogP) is 3.01. The Morgan fingerprint density at radius 1 is 1.53 bits per heavy atom. The van der Waals surface area contributed by atoms with E-state index in [2.05, 4.69) is 0 Å². The van der Waals surface area contributed by atoms with Crippen LogP contribution < -0.4 is 0 Å². The maximum atomic E-state index is 12.0. The summed E-state index contributed by atoms with van der Waals surface area (Å²) in [5.41, 5.74) is -0.446. The largest absolute Gasteiger partial charge is 0.444 e. The van der Waals surface area contributed by atoms with Crippen molar-refractivity contribution in [3.05, 3.63) is 0 Å². The normalized spacial score (nSPS) is 22.2. The number of ether oxygens (including phenoxy) is 1. The molecule has 19 heavy (non-hydrogen) atoms. The molecular formula is C14H26ClNO3. The second kappa shape index (κ2) is 7.34. The third kappa shape index (κ3) is 6.48. The van der Waals surface area contributed by atoms with Crippen LogP contribution >= 0.6 is 11.6 Å². The number of alkyl halides is 1. The van der Waals surface area contributed by atoms with E-state index < -0.39 is 11.7 Å². The molecule has 2 atom stereocenters. The van der Waals surface area contributed by atoms with Gasteiger partial charge in [0.2, 0.25) is 0 Å². The van der Waals surface area contributed by atoms with E-state index in [1.165, 1.54) is 0 Å². The number of aliphatic hydroxyl groups is 1. The van der Waals surface area contributed by atoms with Crippen molar-refractivity contribution in [3.8, 4) is 0 Å². The monoisotopic (exact) mass is 291 g/mol. The zero-order valence-corrected chi connectivity index (χ0v) is 12.9. The summed E-state index contributed by atoms with van der Waals surface area (Å²) in [6.45, 7) is 7.13. The molecule has 1 aliphatic heterocycles. The predicted molar refractivity (Wildman–Crippen MR) is 76.5 cm³/mol. The number of piperidine rings is 1. The van der Waals surface area contributed by atoms with Crippen LogP contribution in [0.1, 0.15) is 46.5 Å². The molecule has 1 N–H and O–H groups in total. The first-order chi connectivity index (χ1) is 8.81. The van der Waals surface area contributed by atoms with Gasteiger partial charge in [-0.3, -0.25) is 0 Å². The fraction of sp³-hybridized carbons (Fsp3) is 0.929. The number of amides is 1. The quantitative estimate of drug-likeness (QED) is 0.810. The highest BCUT2D eigenvalue weighted by Gasteiger charge is 2.27. The van der Waals surface area contributed by atoms with Crippen LogP contribution in [-0.4, -0.2) is 46.8 Å². The Balaban J connectivity index is 2.39. The zero-order valence-electron chi connectivity index (χ0n) is 12.2. The van der Waals surface area contributed by atoms with E-state index >= 15 is 0 Å². The molecule has 4 nitrogen and oxygen atoms in total. The molecule has 1 saturated heterocycles. The van der Waals surface area contributed by atoms with Crippen LogP contribution in [0, 0.1) is 5.92 Å². The zero-order chi connectivity index (χ0) is 14.5. The molecular weight excluding hydrogens is 266 g/mol. The minimum atomic E-state index is -0.446. The van der Waals surface area contributed by atoms with E-state index in [4.69, 9.17) is 16.3 Å². The van der Waals surface area contributed by atoms with Gasteiger partial charge in [0.25, 0.3) is 0 Å². The molecule has 0 spiro atoms. The van der Waals surface area contributed by atoms with Gasteiger partial charge in [-0.15, -0.1) is 11.6 Å². The average Bonchev–Trinajstić information content (AvgIpc) is 2.34. The third-order valence-corrected chi connectivity index (χ3v) is 3.61. The first-order valence-corrected chi connectivity index (χ1v) is 7.57. The van der Waals surface area contributed by atoms with Crippen molar-refractivity contribution in [1.82, 2.24) is 4.90 Å². The van der Waals surface area contributed by atoms with Gasteiger partial charge in [-0.05, 0) is 52.4 Å². The molecule has 112 valence electrons. The van der Waals surface area contributed by atoms with Crippen molar-refractivity contribution in [1.29, 1.82) is 0 Å². The van der Waals surface area contributed by atoms with Gasteiger partial charge in [-0.25, -0.2) is 4.79 Å². The summed E-state index contributed by atoms with van der Waals surface area (Å²) in [7, 11) is 0.